The zero-order chi connectivity index (χ0) is 9.97. The molecule has 4 nitrogen and oxygen atoms in total. The third-order valence-electron chi connectivity index (χ3n) is 2.78. The van der Waals surface area contributed by atoms with Crippen LogP contribution < -0.4 is 0 Å². The van der Waals surface area contributed by atoms with Gasteiger partial charge in [-0.05, 0) is 13.3 Å². The first-order chi connectivity index (χ1) is 6.81. The average molecular weight is 197 g/mol. The Morgan fingerprint density at radius 1 is 1.50 bits per heavy atom. The van der Waals surface area contributed by atoms with Crippen LogP contribution in [-0.2, 0) is 4.74 Å². The summed E-state index contributed by atoms with van der Waals surface area (Å²) in [6.45, 7) is 7.01. The molecule has 2 aliphatic heterocycles. The lowest BCUT2D eigenvalue weighted by atomic mass is 10.1. The summed E-state index contributed by atoms with van der Waals surface area (Å²) in [6.07, 6.45) is 1.61. The van der Waals surface area contributed by atoms with Crippen LogP contribution in [0.15, 0.2) is 4.99 Å². The molecule has 0 aliphatic carbocycles. The monoisotopic (exact) mass is 197 g/mol. The third-order valence-corrected chi connectivity index (χ3v) is 2.78. The quantitative estimate of drug-likeness (QED) is 0.641. The summed E-state index contributed by atoms with van der Waals surface area (Å²) in [5, 5.41) is 0. The van der Waals surface area contributed by atoms with Crippen molar-refractivity contribution in [2.45, 2.75) is 19.4 Å². The SMILES string of the molecule is CCOC1CN(C2=NCCCN2C)C1. The molecule has 0 radical (unpaired) electrons. The predicted molar refractivity (Wildman–Crippen MR) is 56.5 cm³/mol. The average Bonchev–Trinajstić information content (AvgIpc) is 2.12. The van der Waals surface area contributed by atoms with Crippen LogP contribution in [0.25, 0.3) is 0 Å². The van der Waals surface area contributed by atoms with Crippen molar-refractivity contribution in [2.75, 3.05) is 39.8 Å². The molecule has 0 amide bonds. The Hall–Kier alpha value is -0.770. The maximum absolute atomic E-state index is 5.52. The van der Waals surface area contributed by atoms with Gasteiger partial charge in [0.1, 0.15) is 0 Å². The lowest BCUT2D eigenvalue weighted by Gasteiger charge is -2.44. The number of likely N-dealkylation sites (tertiary alicyclic amines) is 1. The molecule has 0 spiro atoms. The van der Waals surface area contributed by atoms with Gasteiger partial charge in [-0.25, -0.2) is 0 Å². The highest BCUT2D eigenvalue weighted by atomic mass is 16.5. The van der Waals surface area contributed by atoms with Crippen LogP contribution in [0.2, 0.25) is 0 Å². The van der Waals surface area contributed by atoms with E-state index in [0.29, 0.717) is 6.10 Å². The van der Waals surface area contributed by atoms with E-state index in [2.05, 4.69) is 21.8 Å². The maximum Gasteiger partial charge on any atom is 0.196 e. The Balaban J connectivity index is 1.83. The van der Waals surface area contributed by atoms with Gasteiger partial charge in [0, 0.05) is 39.8 Å². The Labute approximate surface area is 85.5 Å². The summed E-state index contributed by atoms with van der Waals surface area (Å²) in [7, 11) is 2.12. The molecule has 0 saturated carbocycles. The Morgan fingerprint density at radius 3 is 2.93 bits per heavy atom. The van der Waals surface area contributed by atoms with Gasteiger partial charge in [-0.3, -0.25) is 4.99 Å². The molecule has 1 saturated heterocycles. The van der Waals surface area contributed by atoms with Gasteiger partial charge in [0.2, 0.25) is 0 Å². The largest absolute Gasteiger partial charge is 0.375 e. The number of rotatable bonds is 2. The molecule has 0 bridgehead atoms. The summed E-state index contributed by atoms with van der Waals surface area (Å²) in [5.74, 6) is 1.16. The fourth-order valence-corrected chi connectivity index (χ4v) is 1.99. The van der Waals surface area contributed by atoms with E-state index in [1.165, 1.54) is 6.42 Å². The Kier molecular flexibility index (Phi) is 2.91. The fraction of sp³-hybridized carbons (Fsp3) is 0.900. The van der Waals surface area contributed by atoms with Crippen LogP contribution in [-0.4, -0.2) is 61.7 Å². The highest BCUT2D eigenvalue weighted by Gasteiger charge is 2.31. The highest BCUT2D eigenvalue weighted by Crippen LogP contribution is 2.15. The second-order valence-electron chi connectivity index (χ2n) is 3.94. The summed E-state index contributed by atoms with van der Waals surface area (Å²) < 4.78 is 5.52. The second kappa shape index (κ2) is 4.17. The van der Waals surface area contributed by atoms with E-state index in [-0.39, 0.29) is 0 Å². The normalized spacial score (nSPS) is 23.4. The van der Waals surface area contributed by atoms with Crippen LogP contribution in [0.1, 0.15) is 13.3 Å². The van der Waals surface area contributed by atoms with Gasteiger partial charge in [-0.1, -0.05) is 0 Å². The molecule has 0 atom stereocenters. The number of guanidine groups is 1. The third kappa shape index (κ3) is 1.85. The van der Waals surface area contributed by atoms with Gasteiger partial charge in [0.15, 0.2) is 5.96 Å². The number of aliphatic imine (C=N–C) groups is 1. The Morgan fingerprint density at radius 2 is 2.29 bits per heavy atom. The van der Waals surface area contributed by atoms with Gasteiger partial charge in [0.25, 0.3) is 0 Å². The second-order valence-corrected chi connectivity index (χ2v) is 3.94. The van der Waals surface area contributed by atoms with E-state index < -0.39 is 0 Å². The molecule has 80 valence electrons. The van der Waals surface area contributed by atoms with E-state index in [1.54, 1.807) is 0 Å². The molecule has 2 heterocycles. The van der Waals surface area contributed by atoms with Crippen LogP contribution in [0.3, 0.4) is 0 Å². The molecule has 0 N–H and O–H groups in total. The van der Waals surface area contributed by atoms with Crippen molar-refractivity contribution < 1.29 is 4.74 Å². The molecule has 4 heteroatoms. The van der Waals surface area contributed by atoms with Gasteiger partial charge in [-0.2, -0.15) is 0 Å². The van der Waals surface area contributed by atoms with Gasteiger partial charge in [-0.15, -0.1) is 0 Å². The molecular weight excluding hydrogens is 178 g/mol. The van der Waals surface area contributed by atoms with Crippen molar-refractivity contribution in [3.63, 3.8) is 0 Å². The summed E-state index contributed by atoms with van der Waals surface area (Å²) in [5.41, 5.74) is 0. The van der Waals surface area contributed by atoms with Crippen molar-refractivity contribution in [3.8, 4) is 0 Å². The molecule has 2 aliphatic rings. The fourth-order valence-electron chi connectivity index (χ4n) is 1.99. The molecule has 0 aromatic rings. The lowest BCUT2D eigenvalue weighted by molar-refractivity contribution is -0.0241. The number of hydrogen-bond acceptors (Lipinski definition) is 4. The van der Waals surface area contributed by atoms with Gasteiger partial charge < -0.3 is 14.5 Å². The minimum atomic E-state index is 0.429. The molecule has 1 fully saturated rings. The number of nitrogens with zero attached hydrogens (tertiary/aromatic N) is 3. The van der Waals surface area contributed by atoms with Crippen LogP contribution in [0.4, 0.5) is 0 Å². The summed E-state index contributed by atoms with van der Waals surface area (Å²) in [6, 6.07) is 0. The number of hydrogen-bond donors (Lipinski definition) is 0. The van der Waals surface area contributed by atoms with E-state index >= 15 is 0 Å². The smallest absolute Gasteiger partial charge is 0.196 e. The van der Waals surface area contributed by atoms with Crippen LogP contribution >= 0.6 is 0 Å². The standard InChI is InChI=1S/C10H19N3O/c1-3-14-9-7-13(8-9)10-11-5-4-6-12(10)2/h9H,3-8H2,1-2H3. The van der Waals surface area contributed by atoms with Crippen molar-refractivity contribution in [3.05, 3.63) is 0 Å². The first-order valence-corrected chi connectivity index (χ1v) is 5.43. The zero-order valence-electron chi connectivity index (χ0n) is 9.07. The zero-order valence-corrected chi connectivity index (χ0v) is 9.07. The number of ether oxygens (including phenoxy) is 1. The molecule has 14 heavy (non-hydrogen) atoms. The summed E-state index contributed by atoms with van der Waals surface area (Å²) in [4.78, 5) is 9.09. The van der Waals surface area contributed by atoms with E-state index in [4.69, 9.17) is 4.74 Å². The van der Waals surface area contributed by atoms with Gasteiger partial charge in [0.05, 0.1) is 6.10 Å². The highest BCUT2D eigenvalue weighted by molar-refractivity contribution is 5.81. The van der Waals surface area contributed by atoms with Crippen molar-refractivity contribution in [1.29, 1.82) is 0 Å². The van der Waals surface area contributed by atoms with Crippen molar-refractivity contribution in [2.24, 2.45) is 4.99 Å². The van der Waals surface area contributed by atoms with Gasteiger partial charge >= 0.3 is 0 Å². The molecular formula is C10H19N3O. The minimum absolute atomic E-state index is 0.429. The van der Waals surface area contributed by atoms with Crippen molar-refractivity contribution >= 4 is 5.96 Å². The Bertz CT molecular complexity index is 223. The van der Waals surface area contributed by atoms with E-state index in [0.717, 1.165) is 38.7 Å². The lowest BCUT2D eigenvalue weighted by Crippen LogP contribution is -2.59. The molecule has 0 aromatic carbocycles. The summed E-state index contributed by atoms with van der Waals surface area (Å²) >= 11 is 0. The van der Waals surface area contributed by atoms with E-state index in [1.807, 2.05) is 6.92 Å². The minimum Gasteiger partial charge on any atom is -0.375 e. The van der Waals surface area contributed by atoms with E-state index in [9.17, 15) is 0 Å². The van der Waals surface area contributed by atoms with Crippen LogP contribution in [0, 0.1) is 0 Å². The predicted octanol–water partition coefficient (Wildman–Crippen LogP) is 0.399. The van der Waals surface area contributed by atoms with Crippen LogP contribution in [0.5, 0.6) is 0 Å². The first-order valence-electron chi connectivity index (χ1n) is 5.43. The molecule has 2 rings (SSSR count). The maximum atomic E-state index is 5.52. The topological polar surface area (TPSA) is 28.1 Å². The van der Waals surface area contributed by atoms with Crippen molar-refractivity contribution in [1.82, 2.24) is 9.80 Å². The first kappa shape index (κ1) is 9.77. The molecule has 0 aromatic heterocycles. The molecule has 0 unspecified atom stereocenters.